The number of nitrogens with two attached hydrogens (primary N) is 1. The average molecular weight is 379 g/mol. The Bertz CT molecular complexity index is 898. The number of ether oxygens (including phenoxy) is 1. The second-order valence-corrected chi connectivity index (χ2v) is 6.55. The zero-order valence-corrected chi connectivity index (χ0v) is 15.8. The van der Waals surface area contributed by atoms with Gasteiger partial charge in [0.1, 0.15) is 13.2 Å². The van der Waals surface area contributed by atoms with Crippen LogP contribution in [0.15, 0.2) is 78.9 Å². The van der Waals surface area contributed by atoms with Crippen LogP contribution in [-0.2, 0) is 4.79 Å². The minimum absolute atomic E-state index is 0.110. The largest absolute Gasteiger partial charge is 0.485 e. The van der Waals surface area contributed by atoms with E-state index in [2.05, 4.69) is 5.32 Å². The molecule has 3 N–H and O–H groups in total. The summed E-state index contributed by atoms with van der Waals surface area (Å²) in [6.45, 7) is 2.80. The molecule has 0 fully saturated rings. The number of anilines is 1. The molecule has 144 valence electrons. The number of amides is 1. The van der Waals surface area contributed by atoms with Crippen LogP contribution in [0.25, 0.3) is 0 Å². The van der Waals surface area contributed by atoms with E-state index in [1.807, 2.05) is 66.8 Å². The number of para-hydroxylation sites is 1. The van der Waals surface area contributed by atoms with Gasteiger partial charge in [0.25, 0.3) is 5.91 Å². The molecule has 0 unspecified atom stereocenters. The molecule has 0 spiro atoms. The van der Waals surface area contributed by atoms with Gasteiger partial charge in [0.15, 0.2) is 17.6 Å². The molecule has 28 heavy (non-hydrogen) atoms. The van der Waals surface area contributed by atoms with Crippen LogP contribution in [0.3, 0.4) is 0 Å². The number of carbonyl (C=O) groups is 1. The van der Waals surface area contributed by atoms with Gasteiger partial charge in [-0.25, -0.2) is 4.39 Å². The summed E-state index contributed by atoms with van der Waals surface area (Å²) in [6, 6.07) is 23.1. The van der Waals surface area contributed by atoms with Crippen molar-refractivity contribution >= 4 is 11.6 Å². The van der Waals surface area contributed by atoms with Crippen molar-refractivity contribution in [1.29, 1.82) is 0 Å². The Morgan fingerprint density at radius 3 is 2.39 bits per heavy atom. The molecule has 5 heteroatoms. The Morgan fingerprint density at radius 1 is 1.00 bits per heavy atom. The molecule has 0 aliphatic rings. The number of benzene rings is 3. The standard InChI is InChI=1S/C23H23FN2O2/c1-17-11-13-19(14-12-17)26-23(27)22(18-7-3-2-4-8-18)25-15-16-28-21-10-6-5-9-20(21)24/h2-14,22,25H,15-16H2,1H3,(H,26,27)/p+1/t22-/m0/s1. The zero-order valence-electron chi connectivity index (χ0n) is 15.8. The van der Waals surface area contributed by atoms with Crippen molar-refractivity contribution in [3.63, 3.8) is 0 Å². The average Bonchev–Trinajstić information content (AvgIpc) is 2.71. The van der Waals surface area contributed by atoms with Crippen LogP contribution in [-0.4, -0.2) is 19.1 Å². The summed E-state index contributed by atoms with van der Waals surface area (Å²) >= 11 is 0. The Hall–Kier alpha value is -3.18. The number of hydrogen-bond donors (Lipinski definition) is 2. The van der Waals surface area contributed by atoms with Gasteiger partial charge in [-0.3, -0.25) is 4.79 Å². The number of nitrogens with one attached hydrogen (secondary N) is 1. The molecular formula is C23H24FN2O2+. The number of carbonyl (C=O) groups excluding carboxylic acids is 1. The summed E-state index contributed by atoms with van der Waals surface area (Å²) in [5, 5.41) is 4.87. The molecule has 0 bridgehead atoms. The molecule has 4 nitrogen and oxygen atoms in total. The van der Waals surface area contributed by atoms with Gasteiger partial charge in [-0.05, 0) is 31.2 Å². The van der Waals surface area contributed by atoms with E-state index in [9.17, 15) is 9.18 Å². The van der Waals surface area contributed by atoms with E-state index in [-0.39, 0.29) is 17.5 Å². The van der Waals surface area contributed by atoms with E-state index in [1.54, 1.807) is 18.2 Å². The van der Waals surface area contributed by atoms with Gasteiger partial charge in [-0.2, -0.15) is 0 Å². The lowest BCUT2D eigenvalue weighted by Gasteiger charge is -2.16. The first-order valence-corrected chi connectivity index (χ1v) is 9.26. The molecule has 0 aromatic heterocycles. The number of quaternary nitrogens is 1. The predicted octanol–water partition coefficient (Wildman–Crippen LogP) is 3.46. The van der Waals surface area contributed by atoms with Gasteiger partial charge >= 0.3 is 0 Å². The molecule has 3 aromatic rings. The molecule has 0 aliphatic heterocycles. The molecular weight excluding hydrogens is 355 g/mol. The van der Waals surface area contributed by atoms with Gasteiger partial charge in [0.05, 0.1) is 0 Å². The second kappa shape index (κ2) is 9.67. The van der Waals surface area contributed by atoms with Crippen molar-refractivity contribution in [1.82, 2.24) is 0 Å². The number of aryl methyl sites for hydroxylation is 1. The van der Waals surface area contributed by atoms with Gasteiger partial charge in [0.2, 0.25) is 0 Å². The minimum atomic E-state index is -0.424. The molecule has 3 aromatic carbocycles. The van der Waals surface area contributed by atoms with Crippen molar-refractivity contribution in [3.8, 4) is 5.75 Å². The highest BCUT2D eigenvalue weighted by Crippen LogP contribution is 2.15. The maximum Gasteiger partial charge on any atom is 0.287 e. The van der Waals surface area contributed by atoms with E-state index >= 15 is 0 Å². The highest BCUT2D eigenvalue weighted by atomic mass is 19.1. The van der Waals surface area contributed by atoms with Crippen molar-refractivity contribution in [2.75, 3.05) is 18.5 Å². The molecule has 0 saturated carbocycles. The van der Waals surface area contributed by atoms with E-state index in [4.69, 9.17) is 4.74 Å². The van der Waals surface area contributed by atoms with Gasteiger partial charge in [-0.15, -0.1) is 0 Å². The summed E-state index contributed by atoms with van der Waals surface area (Å²) < 4.78 is 19.1. The third kappa shape index (κ3) is 5.41. The second-order valence-electron chi connectivity index (χ2n) is 6.55. The van der Waals surface area contributed by atoms with Crippen molar-refractivity contribution in [2.24, 2.45) is 0 Å². The summed E-state index contributed by atoms with van der Waals surface area (Å²) in [7, 11) is 0. The monoisotopic (exact) mass is 379 g/mol. The fourth-order valence-electron chi connectivity index (χ4n) is 2.88. The van der Waals surface area contributed by atoms with Crippen molar-refractivity contribution in [3.05, 3.63) is 95.8 Å². The predicted molar refractivity (Wildman–Crippen MR) is 108 cm³/mol. The number of halogens is 1. The van der Waals surface area contributed by atoms with Crippen LogP contribution in [0.2, 0.25) is 0 Å². The summed E-state index contributed by atoms with van der Waals surface area (Å²) in [5.41, 5.74) is 2.79. The van der Waals surface area contributed by atoms with Crippen molar-refractivity contribution in [2.45, 2.75) is 13.0 Å². The minimum Gasteiger partial charge on any atom is -0.485 e. The normalized spacial score (nSPS) is 11.6. The zero-order chi connectivity index (χ0) is 19.8. The van der Waals surface area contributed by atoms with E-state index in [1.165, 1.54) is 6.07 Å². The molecule has 0 radical (unpaired) electrons. The topological polar surface area (TPSA) is 54.9 Å². The Kier molecular flexibility index (Phi) is 6.76. The molecule has 1 amide bonds. The fourth-order valence-corrected chi connectivity index (χ4v) is 2.88. The van der Waals surface area contributed by atoms with E-state index in [0.29, 0.717) is 13.2 Å². The lowest BCUT2D eigenvalue weighted by molar-refractivity contribution is -0.682. The summed E-state index contributed by atoms with van der Waals surface area (Å²) in [5.74, 6) is -0.281. The highest BCUT2D eigenvalue weighted by molar-refractivity contribution is 5.94. The van der Waals surface area contributed by atoms with Gasteiger partial charge in [0, 0.05) is 11.3 Å². The van der Waals surface area contributed by atoms with E-state index in [0.717, 1.165) is 16.8 Å². The Morgan fingerprint density at radius 2 is 1.68 bits per heavy atom. The van der Waals surface area contributed by atoms with Crippen LogP contribution in [0.5, 0.6) is 5.75 Å². The third-order valence-electron chi connectivity index (χ3n) is 4.37. The van der Waals surface area contributed by atoms with Crippen LogP contribution < -0.4 is 15.4 Å². The SMILES string of the molecule is Cc1ccc(NC(=O)[C@@H]([NH2+]CCOc2ccccc2F)c2ccccc2)cc1. The molecule has 3 rings (SSSR count). The maximum atomic E-state index is 13.6. The Labute approximate surface area is 164 Å². The van der Waals surface area contributed by atoms with E-state index < -0.39 is 6.04 Å². The first kappa shape index (κ1) is 19.6. The van der Waals surface area contributed by atoms with Crippen LogP contribution >= 0.6 is 0 Å². The summed E-state index contributed by atoms with van der Waals surface area (Å²) in [4.78, 5) is 12.9. The van der Waals surface area contributed by atoms with Crippen molar-refractivity contribution < 1.29 is 19.2 Å². The third-order valence-corrected chi connectivity index (χ3v) is 4.37. The first-order valence-electron chi connectivity index (χ1n) is 9.26. The molecule has 0 aliphatic carbocycles. The number of hydrogen-bond acceptors (Lipinski definition) is 2. The Balaban J connectivity index is 1.63. The fraction of sp³-hybridized carbons (Fsp3) is 0.174. The highest BCUT2D eigenvalue weighted by Gasteiger charge is 2.24. The lowest BCUT2D eigenvalue weighted by Crippen LogP contribution is -2.88. The van der Waals surface area contributed by atoms with Crippen LogP contribution in [0.1, 0.15) is 17.2 Å². The molecule has 0 heterocycles. The molecule has 1 atom stereocenters. The maximum absolute atomic E-state index is 13.6. The number of rotatable bonds is 8. The quantitative estimate of drug-likeness (QED) is 0.589. The van der Waals surface area contributed by atoms with Crippen LogP contribution in [0.4, 0.5) is 10.1 Å². The van der Waals surface area contributed by atoms with Crippen LogP contribution in [0, 0.1) is 12.7 Å². The van der Waals surface area contributed by atoms with Gasteiger partial charge < -0.3 is 15.4 Å². The smallest absolute Gasteiger partial charge is 0.287 e. The molecule has 0 saturated heterocycles. The lowest BCUT2D eigenvalue weighted by atomic mass is 10.1. The first-order chi connectivity index (χ1) is 13.6. The summed E-state index contributed by atoms with van der Waals surface area (Å²) in [6.07, 6.45) is 0. The van der Waals surface area contributed by atoms with Gasteiger partial charge in [-0.1, -0.05) is 60.2 Å².